The lowest BCUT2D eigenvalue weighted by Gasteiger charge is -1.98. The minimum absolute atomic E-state index is 0.139. The van der Waals surface area contributed by atoms with E-state index >= 15 is 0 Å². The molecule has 0 aromatic carbocycles. The fourth-order valence-electron chi connectivity index (χ4n) is 0.283. The highest BCUT2D eigenvalue weighted by molar-refractivity contribution is 7.80. The third kappa shape index (κ3) is 24.5. The van der Waals surface area contributed by atoms with Gasteiger partial charge < -0.3 is 20.1 Å². The van der Waals surface area contributed by atoms with Crippen LogP contribution in [0, 0.1) is 0 Å². The van der Waals surface area contributed by atoms with E-state index in [1.807, 2.05) is 0 Å². The smallest absolute Gasteiger partial charge is 0.217 e. The lowest BCUT2D eigenvalue weighted by molar-refractivity contribution is 0.266. The van der Waals surface area contributed by atoms with E-state index in [9.17, 15) is 13.0 Å². The molecule has 13 heavy (non-hydrogen) atoms. The fraction of sp³-hybridized carbons (Fsp3) is 1.00. The van der Waals surface area contributed by atoms with Gasteiger partial charge in [-0.2, -0.15) is 0 Å². The number of aliphatic hydroxyl groups excluding tert-OH is 2. The molecular formula is C5H14NO6S-. The molecule has 0 bridgehead atoms. The summed E-state index contributed by atoms with van der Waals surface area (Å²) in [7, 11) is -3.60. The monoisotopic (exact) mass is 216 g/mol. The average molecular weight is 216 g/mol. The van der Waals surface area contributed by atoms with Crippen molar-refractivity contribution in [1.29, 1.82) is 0 Å². The van der Waals surface area contributed by atoms with Crippen molar-refractivity contribution in [1.82, 2.24) is 5.32 Å². The summed E-state index contributed by atoms with van der Waals surface area (Å²) < 4.78 is 31.0. The van der Waals surface area contributed by atoms with E-state index in [0.29, 0.717) is 13.1 Å². The van der Waals surface area contributed by atoms with Crippen LogP contribution in [0.4, 0.5) is 0 Å². The van der Waals surface area contributed by atoms with Gasteiger partial charge in [0.1, 0.15) is 0 Å². The lowest BCUT2D eigenvalue weighted by Crippen LogP contribution is -2.21. The van der Waals surface area contributed by atoms with Gasteiger partial charge in [0.05, 0.1) is 20.3 Å². The number of hydrogen-bond donors (Lipinski definition) is 3. The molecule has 0 unspecified atom stereocenters. The van der Waals surface area contributed by atoms with Gasteiger partial charge in [0.15, 0.2) is 0 Å². The molecule has 0 aromatic heterocycles. The third-order valence-corrected chi connectivity index (χ3v) is 1.19. The molecule has 0 aliphatic carbocycles. The van der Waals surface area contributed by atoms with Gasteiger partial charge in [-0.05, 0) is 0 Å². The first-order valence-electron chi connectivity index (χ1n) is 3.41. The quantitative estimate of drug-likeness (QED) is 0.267. The van der Waals surface area contributed by atoms with Crippen molar-refractivity contribution < 1.29 is 27.4 Å². The van der Waals surface area contributed by atoms with Crippen LogP contribution in [0.25, 0.3) is 0 Å². The maximum atomic E-state index is 9.22. The average Bonchev–Trinajstić information content (AvgIpc) is 2.06. The van der Waals surface area contributed by atoms with Gasteiger partial charge in [-0.25, -0.2) is 8.42 Å². The summed E-state index contributed by atoms with van der Waals surface area (Å²) in [6.45, 7) is 1.42. The van der Waals surface area contributed by atoms with Crippen LogP contribution in [0.3, 0.4) is 0 Å². The molecule has 3 N–H and O–H groups in total. The minimum atomic E-state index is -4.41. The molecule has 0 saturated heterocycles. The van der Waals surface area contributed by atoms with Gasteiger partial charge in [0.2, 0.25) is 10.4 Å². The standard InChI is InChI=1S/C4H11NO2.CH4O4S/c6-3-1-5-2-4-7;1-5-6(2,3)4/h5-7H,1-4H2;1H3,(H,2,3,4)/p-1. The Labute approximate surface area is 77.3 Å². The Kier molecular flexibility index (Phi) is 11.5. The Bertz CT molecular complexity index is 175. The van der Waals surface area contributed by atoms with E-state index in [1.165, 1.54) is 0 Å². The zero-order valence-corrected chi connectivity index (χ0v) is 8.08. The number of rotatable bonds is 5. The van der Waals surface area contributed by atoms with E-state index in [0.717, 1.165) is 7.11 Å². The molecule has 0 fully saturated rings. The molecule has 82 valence electrons. The predicted octanol–water partition coefficient (Wildman–Crippen LogP) is -2.35. The fourth-order valence-corrected chi connectivity index (χ4v) is 0.283. The molecule has 0 amide bonds. The first-order valence-corrected chi connectivity index (χ1v) is 4.75. The second-order valence-corrected chi connectivity index (χ2v) is 2.92. The molecule has 7 nitrogen and oxygen atoms in total. The first-order chi connectivity index (χ1) is 5.97. The summed E-state index contributed by atoms with van der Waals surface area (Å²) in [6, 6.07) is 0. The zero-order chi connectivity index (χ0) is 10.7. The van der Waals surface area contributed by atoms with Crippen molar-refractivity contribution in [3.8, 4) is 0 Å². The Morgan fingerprint density at radius 2 is 1.62 bits per heavy atom. The molecule has 0 spiro atoms. The van der Waals surface area contributed by atoms with Gasteiger partial charge in [-0.1, -0.05) is 0 Å². The van der Waals surface area contributed by atoms with Crippen molar-refractivity contribution in [2.75, 3.05) is 33.4 Å². The summed E-state index contributed by atoms with van der Waals surface area (Å²) >= 11 is 0. The summed E-state index contributed by atoms with van der Waals surface area (Å²) in [6.07, 6.45) is 0. The Hall–Kier alpha value is -0.250. The number of aliphatic hydroxyl groups is 2. The summed E-state index contributed by atoms with van der Waals surface area (Å²) in [4.78, 5) is 0. The van der Waals surface area contributed by atoms with E-state index in [-0.39, 0.29) is 13.2 Å². The van der Waals surface area contributed by atoms with Crippen LogP contribution >= 0.6 is 0 Å². The van der Waals surface area contributed by atoms with Gasteiger partial charge in [-0.3, -0.25) is 4.18 Å². The molecule has 0 atom stereocenters. The van der Waals surface area contributed by atoms with Crippen LogP contribution < -0.4 is 5.32 Å². The number of nitrogens with one attached hydrogen (secondary N) is 1. The zero-order valence-electron chi connectivity index (χ0n) is 7.26. The van der Waals surface area contributed by atoms with E-state index < -0.39 is 10.4 Å². The Morgan fingerprint density at radius 1 is 1.31 bits per heavy atom. The summed E-state index contributed by atoms with van der Waals surface area (Å²) in [5, 5.41) is 19.1. The molecule has 0 heterocycles. The van der Waals surface area contributed by atoms with Crippen LogP contribution in [0.5, 0.6) is 0 Å². The van der Waals surface area contributed by atoms with Crippen LogP contribution in [0.2, 0.25) is 0 Å². The SMILES string of the molecule is COS(=O)(=O)[O-].OCCNCCO. The second-order valence-electron chi connectivity index (χ2n) is 1.77. The maximum absolute atomic E-state index is 9.22. The highest BCUT2D eigenvalue weighted by atomic mass is 32.3. The van der Waals surface area contributed by atoms with Crippen LogP contribution in [0.1, 0.15) is 0 Å². The van der Waals surface area contributed by atoms with Gasteiger partial charge in [-0.15, -0.1) is 0 Å². The van der Waals surface area contributed by atoms with Gasteiger partial charge in [0.25, 0.3) is 0 Å². The minimum Gasteiger partial charge on any atom is -0.726 e. The first kappa shape index (κ1) is 15.2. The number of hydrogen-bond acceptors (Lipinski definition) is 7. The molecule has 0 aliphatic heterocycles. The van der Waals surface area contributed by atoms with E-state index in [1.54, 1.807) is 0 Å². The van der Waals surface area contributed by atoms with Crippen molar-refractivity contribution in [3.05, 3.63) is 0 Å². The Balaban J connectivity index is 0. The highest BCUT2D eigenvalue weighted by Gasteiger charge is 1.79. The van der Waals surface area contributed by atoms with Crippen molar-refractivity contribution in [2.24, 2.45) is 0 Å². The van der Waals surface area contributed by atoms with E-state index in [2.05, 4.69) is 9.50 Å². The maximum Gasteiger partial charge on any atom is 0.217 e. The second kappa shape index (κ2) is 9.84. The largest absolute Gasteiger partial charge is 0.726 e. The molecular weight excluding hydrogens is 202 g/mol. The Morgan fingerprint density at radius 3 is 1.77 bits per heavy atom. The third-order valence-electron chi connectivity index (χ3n) is 0.781. The van der Waals surface area contributed by atoms with Crippen LogP contribution in [-0.4, -0.2) is 56.6 Å². The molecule has 0 rings (SSSR count). The van der Waals surface area contributed by atoms with E-state index in [4.69, 9.17) is 10.2 Å². The molecule has 0 aromatic rings. The van der Waals surface area contributed by atoms with Crippen molar-refractivity contribution >= 4 is 10.4 Å². The topological polar surface area (TPSA) is 119 Å². The molecule has 0 aliphatic rings. The summed E-state index contributed by atoms with van der Waals surface area (Å²) in [5.74, 6) is 0. The normalized spacial score (nSPS) is 10.5. The lowest BCUT2D eigenvalue weighted by atomic mass is 10.6. The van der Waals surface area contributed by atoms with Crippen LogP contribution in [-0.2, 0) is 14.6 Å². The molecule has 8 heteroatoms. The molecule has 0 radical (unpaired) electrons. The van der Waals surface area contributed by atoms with Crippen molar-refractivity contribution in [2.45, 2.75) is 0 Å². The predicted molar refractivity (Wildman–Crippen MR) is 43.7 cm³/mol. The van der Waals surface area contributed by atoms with Crippen molar-refractivity contribution in [3.63, 3.8) is 0 Å². The van der Waals surface area contributed by atoms with Gasteiger partial charge >= 0.3 is 0 Å². The molecule has 0 saturated carbocycles. The highest BCUT2D eigenvalue weighted by Crippen LogP contribution is 1.74. The van der Waals surface area contributed by atoms with Gasteiger partial charge in [0, 0.05) is 13.1 Å². The van der Waals surface area contributed by atoms with Crippen LogP contribution in [0.15, 0.2) is 0 Å². The summed E-state index contributed by atoms with van der Waals surface area (Å²) in [5.41, 5.74) is 0.